The first-order valence-electron chi connectivity index (χ1n) is 8.45. The van der Waals surface area contributed by atoms with Crippen molar-refractivity contribution in [1.29, 1.82) is 0 Å². The first-order valence-corrected chi connectivity index (χ1v) is 9.63. The smallest absolute Gasteiger partial charge is 0.388 e. The van der Waals surface area contributed by atoms with Gasteiger partial charge in [-0.15, -0.1) is 0 Å². The summed E-state index contributed by atoms with van der Waals surface area (Å²) in [5.41, 5.74) is -1.19. The molecule has 0 unspecified atom stereocenters. The number of piperidine rings is 1. The van der Waals surface area contributed by atoms with Gasteiger partial charge in [-0.1, -0.05) is 11.9 Å². The Morgan fingerprint density at radius 3 is 2.56 bits per heavy atom. The molecule has 3 heterocycles. The van der Waals surface area contributed by atoms with E-state index in [9.17, 15) is 18.3 Å². The number of aryl methyl sites for hydroxylation is 1. The van der Waals surface area contributed by atoms with E-state index < -0.39 is 11.7 Å². The van der Waals surface area contributed by atoms with Gasteiger partial charge in [-0.25, -0.2) is 15.0 Å². The number of aliphatic hydroxyl groups is 1. The first kappa shape index (κ1) is 19.9. The molecule has 0 aromatic carbocycles. The summed E-state index contributed by atoms with van der Waals surface area (Å²) >= 11 is 1.68. The molecule has 1 saturated heterocycles. The molecule has 1 aliphatic rings. The number of hydrogen-bond acceptors (Lipinski definition) is 7. The Balaban J connectivity index is 1.89. The summed E-state index contributed by atoms with van der Waals surface area (Å²) in [6, 6.07) is 0.106. The van der Waals surface area contributed by atoms with E-state index in [1.807, 2.05) is 6.26 Å². The van der Waals surface area contributed by atoms with E-state index >= 15 is 0 Å². The van der Waals surface area contributed by atoms with Gasteiger partial charge in [-0.05, 0) is 19.1 Å². The van der Waals surface area contributed by atoms with E-state index in [0.717, 1.165) is 32.1 Å². The number of nitrogens with one attached hydrogen (secondary N) is 1. The number of hydrogen-bond donors (Lipinski definition) is 2. The molecule has 3 rings (SSSR count). The van der Waals surface area contributed by atoms with Gasteiger partial charge in [0, 0.05) is 38.6 Å². The van der Waals surface area contributed by atoms with E-state index in [2.05, 4.69) is 24.6 Å². The van der Waals surface area contributed by atoms with Crippen LogP contribution in [-0.2, 0) is 19.8 Å². The summed E-state index contributed by atoms with van der Waals surface area (Å²) in [5, 5.41) is 12.4. The molecule has 1 aliphatic heterocycles. The number of aliphatic hydroxyl groups excluding tert-OH is 1. The number of halogens is 3. The van der Waals surface area contributed by atoms with E-state index in [1.54, 1.807) is 19.0 Å². The fourth-order valence-electron chi connectivity index (χ4n) is 2.99. The first-order chi connectivity index (χ1) is 12.8. The maximum Gasteiger partial charge on any atom is 0.420 e. The molecule has 0 saturated carbocycles. The van der Waals surface area contributed by atoms with Crippen LogP contribution < -0.4 is 5.32 Å². The summed E-state index contributed by atoms with van der Waals surface area (Å²) in [5.74, 6) is 0.410. The topological polar surface area (TPSA) is 79.1 Å². The maximum absolute atomic E-state index is 13.4. The summed E-state index contributed by atoms with van der Waals surface area (Å²) in [6.07, 6.45) is 1.34. The van der Waals surface area contributed by atoms with Gasteiger partial charge in [-0.2, -0.15) is 13.2 Å². The fourth-order valence-corrected chi connectivity index (χ4v) is 3.56. The highest BCUT2D eigenvalue weighted by Gasteiger charge is 2.36. The third-order valence-corrected chi connectivity index (χ3v) is 5.38. The van der Waals surface area contributed by atoms with Crippen LogP contribution in [0.1, 0.15) is 24.2 Å². The predicted octanol–water partition coefficient (Wildman–Crippen LogP) is 2.54. The highest BCUT2D eigenvalue weighted by Crippen LogP contribution is 2.36. The third kappa shape index (κ3) is 4.53. The molecule has 148 valence electrons. The largest absolute Gasteiger partial charge is 0.420 e. The zero-order valence-corrected chi connectivity index (χ0v) is 15.8. The van der Waals surface area contributed by atoms with Crippen molar-refractivity contribution in [3.05, 3.63) is 23.8 Å². The van der Waals surface area contributed by atoms with Crippen molar-refractivity contribution in [2.24, 2.45) is 7.05 Å². The summed E-state index contributed by atoms with van der Waals surface area (Å²) in [4.78, 5) is 12.0. The zero-order valence-electron chi connectivity index (χ0n) is 15.0. The van der Waals surface area contributed by atoms with Gasteiger partial charge in [0.05, 0.1) is 0 Å². The van der Waals surface area contributed by atoms with Gasteiger partial charge in [0.1, 0.15) is 29.4 Å². The minimum Gasteiger partial charge on any atom is -0.388 e. The molecule has 2 aromatic rings. The molecule has 0 radical (unpaired) electrons. The van der Waals surface area contributed by atoms with Crippen LogP contribution in [0.4, 0.5) is 19.1 Å². The molecule has 11 heteroatoms. The van der Waals surface area contributed by atoms with Crippen molar-refractivity contribution in [1.82, 2.24) is 23.8 Å². The molecule has 0 spiro atoms. The van der Waals surface area contributed by atoms with Crippen LogP contribution in [0.3, 0.4) is 0 Å². The number of nitrogens with zero attached hydrogens (tertiary/aromatic N) is 5. The Morgan fingerprint density at radius 2 is 2.00 bits per heavy atom. The van der Waals surface area contributed by atoms with Crippen LogP contribution in [0, 0.1) is 0 Å². The normalized spacial score (nSPS) is 16.7. The Hall–Kier alpha value is -1.85. The molecule has 2 aromatic heterocycles. The summed E-state index contributed by atoms with van der Waals surface area (Å²) in [7, 11) is 1.61. The number of imidazole rings is 1. The minimum absolute atomic E-state index is 0.0523. The number of rotatable bonds is 5. The lowest BCUT2D eigenvalue weighted by Crippen LogP contribution is -2.35. The van der Waals surface area contributed by atoms with Gasteiger partial charge in [0.15, 0.2) is 0 Å². The molecule has 1 fully saturated rings. The quantitative estimate of drug-likeness (QED) is 0.744. The predicted molar refractivity (Wildman–Crippen MR) is 96.9 cm³/mol. The summed E-state index contributed by atoms with van der Waals surface area (Å²) < 4.78 is 43.9. The third-order valence-electron chi connectivity index (χ3n) is 4.50. The van der Waals surface area contributed by atoms with Gasteiger partial charge < -0.3 is 15.0 Å². The molecule has 27 heavy (non-hydrogen) atoms. The average molecular weight is 402 g/mol. The van der Waals surface area contributed by atoms with Crippen molar-refractivity contribution in [3.8, 4) is 11.4 Å². The Labute approximate surface area is 159 Å². The van der Waals surface area contributed by atoms with E-state index in [4.69, 9.17) is 0 Å². The lowest BCUT2D eigenvalue weighted by atomic mass is 10.1. The highest BCUT2D eigenvalue weighted by atomic mass is 32.2. The molecule has 0 aliphatic carbocycles. The molecule has 0 amide bonds. The van der Waals surface area contributed by atoms with Crippen molar-refractivity contribution >= 4 is 17.9 Å². The van der Waals surface area contributed by atoms with E-state index in [-0.39, 0.29) is 35.8 Å². The van der Waals surface area contributed by atoms with Gasteiger partial charge in [0.25, 0.3) is 0 Å². The Morgan fingerprint density at radius 1 is 1.30 bits per heavy atom. The Bertz CT molecular complexity index is 789. The SMILES string of the molecule is CSN1CCC(Nc2ncc(C(F)(F)F)c(-c3cn(C)c(CO)n3)n2)CC1. The lowest BCUT2D eigenvalue weighted by molar-refractivity contribution is -0.137. The van der Waals surface area contributed by atoms with Crippen LogP contribution >= 0.6 is 11.9 Å². The van der Waals surface area contributed by atoms with Crippen LogP contribution in [0.25, 0.3) is 11.4 Å². The lowest BCUT2D eigenvalue weighted by Gasteiger charge is -2.30. The molecule has 7 nitrogen and oxygen atoms in total. The van der Waals surface area contributed by atoms with Gasteiger partial charge in [-0.3, -0.25) is 4.31 Å². The molecular weight excluding hydrogens is 381 g/mol. The van der Waals surface area contributed by atoms with Crippen LogP contribution in [0.5, 0.6) is 0 Å². The van der Waals surface area contributed by atoms with Crippen molar-refractivity contribution in [2.45, 2.75) is 31.7 Å². The molecule has 0 atom stereocenters. The van der Waals surface area contributed by atoms with Crippen LogP contribution in [-0.4, -0.2) is 54.3 Å². The minimum atomic E-state index is -4.60. The second-order valence-corrected chi connectivity index (χ2v) is 7.18. The van der Waals surface area contributed by atoms with Gasteiger partial charge in [0.2, 0.25) is 5.95 Å². The highest BCUT2D eigenvalue weighted by molar-refractivity contribution is 7.96. The standard InChI is InChI=1S/C16H21F3N6OS/c1-24-8-12(22-13(24)9-26)14-11(16(17,18)19)7-20-15(23-14)21-10-3-5-25(27-2)6-4-10/h7-8,10,26H,3-6,9H2,1-2H3,(H,20,21,23). The Kier molecular flexibility index (Phi) is 5.92. The second kappa shape index (κ2) is 8.03. The second-order valence-electron chi connectivity index (χ2n) is 6.30. The van der Waals surface area contributed by atoms with E-state index in [1.165, 1.54) is 10.8 Å². The number of aromatic nitrogens is 4. The van der Waals surface area contributed by atoms with Crippen LogP contribution in [0.15, 0.2) is 12.4 Å². The van der Waals surface area contributed by atoms with Crippen molar-refractivity contribution < 1.29 is 18.3 Å². The van der Waals surface area contributed by atoms with Crippen molar-refractivity contribution in [2.75, 3.05) is 24.7 Å². The average Bonchev–Trinajstić information content (AvgIpc) is 3.02. The summed E-state index contributed by atoms with van der Waals surface area (Å²) in [6.45, 7) is 1.42. The molecule has 0 bridgehead atoms. The molecule has 2 N–H and O–H groups in total. The molecular formula is C16H21F3N6OS. The monoisotopic (exact) mass is 402 g/mol. The van der Waals surface area contributed by atoms with E-state index in [0.29, 0.717) is 0 Å². The zero-order chi connectivity index (χ0) is 19.6. The number of anilines is 1. The maximum atomic E-state index is 13.4. The number of alkyl halides is 3. The van der Waals surface area contributed by atoms with Crippen molar-refractivity contribution in [3.63, 3.8) is 0 Å². The van der Waals surface area contributed by atoms with Crippen LogP contribution in [0.2, 0.25) is 0 Å². The van der Waals surface area contributed by atoms with Gasteiger partial charge >= 0.3 is 6.18 Å². The fraction of sp³-hybridized carbons (Fsp3) is 0.562.